The molecule has 4 nitrogen and oxygen atoms in total. The van der Waals surface area contributed by atoms with Gasteiger partial charge in [-0.2, -0.15) is 0 Å². The number of hydrogen-bond donors (Lipinski definition) is 1. The van der Waals surface area contributed by atoms with Crippen molar-refractivity contribution in [3.63, 3.8) is 0 Å². The van der Waals surface area contributed by atoms with Crippen molar-refractivity contribution in [2.24, 2.45) is 16.3 Å². The van der Waals surface area contributed by atoms with Crippen LogP contribution in [0.4, 0.5) is 10.7 Å². The Hall–Kier alpha value is -2.44. The number of halogens is 1. The molecule has 4 rings (SSSR count). The van der Waals surface area contributed by atoms with E-state index in [2.05, 4.69) is 42.0 Å². The fourth-order valence-electron chi connectivity index (χ4n) is 4.35. The quantitative estimate of drug-likeness (QED) is 0.322. The van der Waals surface area contributed by atoms with Crippen molar-refractivity contribution in [2.75, 3.05) is 11.9 Å². The molecule has 0 radical (unpaired) electrons. The molecular weight excluding hydrogens is 508 g/mol. The lowest BCUT2D eigenvalue weighted by atomic mass is 9.72. The molecule has 1 N–H and O–H groups in total. The van der Waals surface area contributed by atoms with Crippen LogP contribution in [-0.4, -0.2) is 18.7 Å². The van der Waals surface area contributed by atoms with Crippen molar-refractivity contribution in [1.29, 1.82) is 0 Å². The summed E-state index contributed by atoms with van der Waals surface area (Å²) in [6.07, 6.45) is 4.83. The van der Waals surface area contributed by atoms with Crippen LogP contribution >= 0.6 is 27.3 Å². The third-order valence-corrected chi connectivity index (χ3v) is 8.10. The van der Waals surface area contributed by atoms with Crippen LogP contribution in [-0.2, 0) is 12.8 Å². The summed E-state index contributed by atoms with van der Waals surface area (Å²) >= 11 is 5.23. The summed E-state index contributed by atoms with van der Waals surface area (Å²) in [5.74, 6) is 1.32. The first-order valence-electron chi connectivity index (χ1n) is 11.7. The predicted octanol–water partition coefficient (Wildman–Crippen LogP) is 8.06. The van der Waals surface area contributed by atoms with E-state index in [0.717, 1.165) is 51.3 Å². The molecule has 1 aromatic heterocycles. The summed E-state index contributed by atoms with van der Waals surface area (Å²) in [7, 11) is 0. The van der Waals surface area contributed by atoms with E-state index in [1.165, 1.54) is 10.4 Å². The summed E-state index contributed by atoms with van der Waals surface area (Å²) in [6.45, 7) is 9.50. The highest BCUT2D eigenvalue weighted by atomic mass is 79.9. The van der Waals surface area contributed by atoms with Gasteiger partial charge >= 0.3 is 0 Å². The molecule has 2 aromatic carbocycles. The Morgan fingerprint density at radius 3 is 2.68 bits per heavy atom. The standard InChI is InChI=1S/C28H31BrN2O2S/c1-5-33-23-14-11-18(15-22(23)29)17-30-27-25(26(32)31-20-9-7-6-8-10-20)21-13-12-19(28(2,3)4)16-24(21)34-27/h6-11,14-15,17,19H,5,12-13,16H2,1-4H3,(H,31,32)/t19-/m1/s1. The summed E-state index contributed by atoms with van der Waals surface area (Å²) < 4.78 is 6.50. The number of carbonyl (C=O) groups is 1. The maximum absolute atomic E-state index is 13.4. The summed E-state index contributed by atoms with van der Waals surface area (Å²) in [5.41, 5.74) is 3.87. The zero-order valence-corrected chi connectivity index (χ0v) is 22.6. The van der Waals surface area contributed by atoms with Gasteiger partial charge in [-0.05, 0) is 94.9 Å². The van der Waals surface area contributed by atoms with E-state index in [-0.39, 0.29) is 11.3 Å². The second kappa shape index (κ2) is 10.4. The molecule has 0 saturated heterocycles. The minimum absolute atomic E-state index is 0.0852. The van der Waals surface area contributed by atoms with Gasteiger partial charge in [0.25, 0.3) is 5.91 Å². The molecule has 1 aliphatic carbocycles. The molecule has 0 bridgehead atoms. The van der Waals surface area contributed by atoms with Gasteiger partial charge in [-0.3, -0.25) is 4.79 Å². The molecule has 0 saturated carbocycles. The predicted molar refractivity (Wildman–Crippen MR) is 146 cm³/mol. The van der Waals surface area contributed by atoms with E-state index >= 15 is 0 Å². The monoisotopic (exact) mass is 538 g/mol. The van der Waals surface area contributed by atoms with E-state index in [9.17, 15) is 4.79 Å². The Bertz CT molecular complexity index is 1200. The van der Waals surface area contributed by atoms with E-state index in [1.54, 1.807) is 11.3 Å². The summed E-state index contributed by atoms with van der Waals surface area (Å²) in [4.78, 5) is 19.5. The van der Waals surface area contributed by atoms with Gasteiger partial charge in [0.2, 0.25) is 0 Å². The molecule has 34 heavy (non-hydrogen) atoms. The zero-order chi connectivity index (χ0) is 24.3. The van der Waals surface area contributed by atoms with E-state index < -0.39 is 0 Å². The zero-order valence-electron chi connectivity index (χ0n) is 20.2. The van der Waals surface area contributed by atoms with Gasteiger partial charge in [-0.15, -0.1) is 11.3 Å². The van der Waals surface area contributed by atoms with Crippen LogP contribution in [0, 0.1) is 11.3 Å². The number of hydrogen-bond acceptors (Lipinski definition) is 4. The van der Waals surface area contributed by atoms with Crippen LogP contribution in [0.5, 0.6) is 5.75 Å². The highest BCUT2D eigenvalue weighted by Gasteiger charge is 2.33. The Kier molecular flexibility index (Phi) is 7.58. The van der Waals surface area contributed by atoms with Gasteiger partial charge < -0.3 is 10.1 Å². The van der Waals surface area contributed by atoms with Crippen molar-refractivity contribution >= 4 is 50.1 Å². The number of nitrogens with one attached hydrogen (secondary N) is 1. The van der Waals surface area contributed by atoms with Crippen LogP contribution in [0.3, 0.4) is 0 Å². The average Bonchev–Trinajstić information content (AvgIpc) is 3.17. The highest BCUT2D eigenvalue weighted by Crippen LogP contribution is 2.45. The molecule has 0 spiro atoms. The minimum atomic E-state index is -0.0852. The van der Waals surface area contributed by atoms with Crippen LogP contribution in [0.1, 0.15) is 60.5 Å². The summed E-state index contributed by atoms with van der Waals surface area (Å²) in [5, 5.41) is 3.85. The lowest BCUT2D eigenvalue weighted by Crippen LogP contribution is -2.27. The summed E-state index contributed by atoms with van der Waals surface area (Å²) in [6, 6.07) is 15.5. The Balaban J connectivity index is 1.68. The van der Waals surface area contributed by atoms with E-state index in [4.69, 9.17) is 9.73 Å². The minimum Gasteiger partial charge on any atom is -0.493 e. The molecule has 3 aromatic rings. The maximum Gasteiger partial charge on any atom is 0.259 e. The molecule has 1 amide bonds. The SMILES string of the molecule is CCOc1ccc(C=Nc2sc3c(c2C(=O)Nc2ccccc2)CC[C@@H](C(C)(C)C)C3)cc1Br. The van der Waals surface area contributed by atoms with Crippen LogP contribution in [0.25, 0.3) is 0 Å². The second-order valence-electron chi connectivity index (χ2n) is 9.69. The third-order valence-electron chi connectivity index (χ3n) is 6.32. The molecule has 6 heteroatoms. The number of carbonyl (C=O) groups excluding carboxylic acids is 1. The lowest BCUT2D eigenvalue weighted by molar-refractivity contribution is 0.102. The highest BCUT2D eigenvalue weighted by molar-refractivity contribution is 9.10. The van der Waals surface area contributed by atoms with Crippen molar-refractivity contribution in [1.82, 2.24) is 0 Å². The Labute approximate surface area is 214 Å². The number of amides is 1. The van der Waals surface area contributed by atoms with Crippen molar-refractivity contribution in [3.8, 4) is 5.75 Å². The smallest absolute Gasteiger partial charge is 0.259 e. The molecule has 1 atom stereocenters. The number of aliphatic imine (C=N–C) groups is 1. The number of para-hydroxylation sites is 1. The largest absolute Gasteiger partial charge is 0.493 e. The number of ether oxygens (including phenoxy) is 1. The third kappa shape index (κ3) is 5.61. The molecule has 1 heterocycles. The number of thiophene rings is 1. The van der Waals surface area contributed by atoms with Crippen molar-refractivity contribution in [2.45, 2.75) is 47.0 Å². The van der Waals surface area contributed by atoms with Crippen LogP contribution in [0.15, 0.2) is 58.0 Å². The topological polar surface area (TPSA) is 50.7 Å². The normalized spacial score (nSPS) is 15.9. The van der Waals surface area contributed by atoms with Gasteiger partial charge in [0.15, 0.2) is 0 Å². The molecule has 0 fully saturated rings. The number of anilines is 1. The molecular formula is C28H31BrN2O2S. The lowest BCUT2D eigenvalue weighted by Gasteiger charge is -2.33. The first-order valence-corrected chi connectivity index (χ1v) is 13.3. The number of benzene rings is 2. The molecule has 0 aliphatic heterocycles. The fourth-order valence-corrected chi connectivity index (χ4v) is 6.13. The number of nitrogens with zero attached hydrogens (tertiary/aromatic N) is 1. The van der Waals surface area contributed by atoms with Gasteiger partial charge in [-0.25, -0.2) is 4.99 Å². The van der Waals surface area contributed by atoms with Gasteiger partial charge in [0.1, 0.15) is 10.8 Å². The fraction of sp³-hybridized carbons (Fsp3) is 0.357. The molecule has 1 aliphatic rings. The van der Waals surface area contributed by atoms with Gasteiger partial charge in [-0.1, -0.05) is 39.0 Å². The van der Waals surface area contributed by atoms with Gasteiger partial charge in [0.05, 0.1) is 16.6 Å². The number of fused-ring (bicyclic) bond motifs is 1. The molecule has 0 unspecified atom stereocenters. The Morgan fingerprint density at radius 1 is 1.24 bits per heavy atom. The van der Waals surface area contributed by atoms with Crippen LogP contribution in [0.2, 0.25) is 0 Å². The van der Waals surface area contributed by atoms with Crippen molar-refractivity contribution in [3.05, 3.63) is 74.6 Å². The van der Waals surface area contributed by atoms with Crippen LogP contribution < -0.4 is 10.1 Å². The first kappa shape index (κ1) is 24.7. The van der Waals surface area contributed by atoms with Gasteiger partial charge in [0, 0.05) is 16.8 Å². The average molecular weight is 540 g/mol. The molecule has 178 valence electrons. The maximum atomic E-state index is 13.4. The first-order chi connectivity index (χ1) is 16.3. The Morgan fingerprint density at radius 2 is 2.00 bits per heavy atom. The van der Waals surface area contributed by atoms with E-state index in [1.807, 2.05) is 61.7 Å². The van der Waals surface area contributed by atoms with Crippen molar-refractivity contribution < 1.29 is 9.53 Å². The second-order valence-corrected chi connectivity index (χ2v) is 11.6. The number of rotatable bonds is 6. The van der Waals surface area contributed by atoms with E-state index in [0.29, 0.717) is 12.5 Å².